The highest BCUT2D eigenvalue weighted by Gasteiger charge is 2.73. The summed E-state index contributed by atoms with van der Waals surface area (Å²) in [6.45, 7) is 10.4. The molecule has 1 saturated carbocycles. The summed E-state index contributed by atoms with van der Waals surface area (Å²) in [5.74, 6) is 1.68. The summed E-state index contributed by atoms with van der Waals surface area (Å²) in [4.78, 5) is 18.1. The number of benzene rings is 1. The maximum Gasteiger partial charge on any atom is 0.246 e. The monoisotopic (exact) mass is 518 g/mol. The number of nitrogens with zero attached hydrogens (tertiary/aromatic N) is 2. The van der Waals surface area contributed by atoms with Crippen LogP contribution in [0, 0.1) is 5.92 Å². The van der Waals surface area contributed by atoms with Crippen molar-refractivity contribution in [1.29, 1.82) is 0 Å². The SMILES string of the molecule is C=CCN1CC[C@]23c4c5ccc(OC)c4O[C@H]2[C@@H](N(CC(C)C)C(=O)/C=C/c2ccoc2)CC[C@@]3(O)[C@H]1C5. The van der Waals surface area contributed by atoms with E-state index < -0.39 is 11.0 Å². The summed E-state index contributed by atoms with van der Waals surface area (Å²) in [5.41, 5.74) is 1.62. The summed E-state index contributed by atoms with van der Waals surface area (Å²) in [5, 5.41) is 12.7. The molecule has 1 N–H and O–H groups in total. The zero-order chi connectivity index (χ0) is 26.7. The van der Waals surface area contributed by atoms with Crippen molar-refractivity contribution >= 4 is 12.0 Å². The van der Waals surface area contributed by atoms with E-state index in [-0.39, 0.29) is 30.0 Å². The van der Waals surface area contributed by atoms with Crippen molar-refractivity contribution in [3.8, 4) is 11.5 Å². The van der Waals surface area contributed by atoms with Crippen LogP contribution < -0.4 is 9.47 Å². The van der Waals surface area contributed by atoms with Gasteiger partial charge >= 0.3 is 0 Å². The molecule has 1 spiro atoms. The molecule has 7 nitrogen and oxygen atoms in total. The number of hydrogen-bond donors (Lipinski definition) is 1. The van der Waals surface area contributed by atoms with Crippen LogP contribution in [0.25, 0.3) is 6.08 Å². The number of piperidine rings is 1. The van der Waals surface area contributed by atoms with E-state index in [0.717, 1.165) is 42.8 Å². The summed E-state index contributed by atoms with van der Waals surface area (Å²) >= 11 is 0. The first-order valence-electron chi connectivity index (χ1n) is 13.8. The Morgan fingerprint density at radius 2 is 2.18 bits per heavy atom. The maximum absolute atomic E-state index is 13.8. The Kier molecular flexibility index (Phi) is 6.19. The fourth-order valence-corrected chi connectivity index (χ4v) is 7.87. The average Bonchev–Trinajstić information content (AvgIpc) is 3.53. The van der Waals surface area contributed by atoms with E-state index in [0.29, 0.717) is 25.1 Å². The van der Waals surface area contributed by atoms with Gasteiger partial charge in [-0.2, -0.15) is 0 Å². The molecule has 38 heavy (non-hydrogen) atoms. The molecular weight excluding hydrogens is 480 g/mol. The fraction of sp³-hybridized carbons (Fsp3) is 0.516. The second kappa shape index (κ2) is 9.31. The Bertz CT molecular complexity index is 1250. The van der Waals surface area contributed by atoms with Crippen molar-refractivity contribution < 1.29 is 23.8 Å². The van der Waals surface area contributed by atoms with Gasteiger partial charge in [-0.25, -0.2) is 0 Å². The highest BCUT2D eigenvalue weighted by atomic mass is 16.5. The standard InChI is InChI=1S/C31H38N2O5/c1-5-14-32-15-13-30-27-22-7-8-24(36-4)28(27)38-29(30)23(10-12-31(30,35)25(32)17-22)33(18-20(2)3)26(34)9-6-21-11-16-37-19-21/h5-9,11,16,19-20,23,25,29,35H,1,10,12-15,17-18H2,2-4H3/b9-6+/t23-,25+,29-,30-,31+/m0/s1. The molecule has 5 atom stereocenters. The van der Waals surface area contributed by atoms with Crippen LogP contribution in [0.5, 0.6) is 11.5 Å². The number of rotatable bonds is 8. The minimum Gasteiger partial charge on any atom is -0.493 e. The number of likely N-dealkylation sites (tertiary alicyclic amines) is 1. The molecule has 2 fully saturated rings. The molecule has 2 bridgehead atoms. The van der Waals surface area contributed by atoms with Gasteiger partial charge in [-0.1, -0.05) is 26.0 Å². The minimum atomic E-state index is -0.959. The normalized spacial score (nSPS) is 31.2. The van der Waals surface area contributed by atoms with E-state index in [1.807, 2.05) is 23.1 Å². The first-order valence-corrected chi connectivity index (χ1v) is 13.8. The molecule has 2 aromatic rings. The van der Waals surface area contributed by atoms with E-state index in [4.69, 9.17) is 13.9 Å². The molecule has 4 aliphatic rings. The molecule has 1 amide bonds. The molecule has 0 radical (unpaired) electrons. The number of furan rings is 1. The van der Waals surface area contributed by atoms with Gasteiger partial charge in [0.15, 0.2) is 11.5 Å². The summed E-state index contributed by atoms with van der Waals surface area (Å²) in [6.07, 6.45) is 11.0. The van der Waals surface area contributed by atoms with E-state index in [1.165, 1.54) is 5.56 Å². The van der Waals surface area contributed by atoms with Crippen molar-refractivity contribution in [3.05, 3.63) is 66.1 Å². The molecule has 0 unspecified atom stereocenters. The van der Waals surface area contributed by atoms with Crippen LogP contribution in [0.1, 0.15) is 49.8 Å². The van der Waals surface area contributed by atoms with Crippen LogP contribution in [0.15, 0.2) is 53.9 Å². The van der Waals surface area contributed by atoms with Gasteiger partial charge in [0.05, 0.1) is 36.7 Å². The molecule has 1 aromatic heterocycles. The molecule has 2 aliphatic carbocycles. The van der Waals surface area contributed by atoms with Crippen LogP contribution in [-0.4, -0.2) is 71.3 Å². The number of ether oxygens (including phenoxy) is 2. The highest BCUT2D eigenvalue weighted by Crippen LogP contribution is 2.66. The van der Waals surface area contributed by atoms with Crippen LogP contribution in [0.3, 0.4) is 0 Å². The van der Waals surface area contributed by atoms with E-state index in [9.17, 15) is 9.90 Å². The summed E-state index contributed by atoms with van der Waals surface area (Å²) in [7, 11) is 1.67. The van der Waals surface area contributed by atoms with Crippen LogP contribution in [0.2, 0.25) is 0 Å². The Morgan fingerprint density at radius 3 is 2.89 bits per heavy atom. The Hall–Kier alpha value is -3.03. The van der Waals surface area contributed by atoms with Crippen molar-refractivity contribution in [2.45, 2.75) is 68.7 Å². The van der Waals surface area contributed by atoms with Gasteiger partial charge in [0.25, 0.3) is 0 Å². The lowest BCUT2D eigenvalue weighted by Crippen LogP contribution is -2.78. The van der Waals surface area contributed by atoms with Crippen molar-refractivity contribution in [2.24, 2.45) is 5.92 Å². The molecule has 7 heteroatoms. The van der Waals surface area contributed by atoms with Crippen LogP contribution >= 0.6 is 0 Å². The van der Waals surface area contributed by atoms with Gasteiger partial charge in [0.1, 0.15) is 6.10 Å². The van der Waals surface area contributed by atoms with Crippen molar-refractivity contribution in [3.63, 3.8) is 0 Å². The van der Waals surface area contributed by atoms with E-state index in [1.54, 1.807) is 31.8 Å². The minimum absolute atomic E-state index is 0.0246. The number of methoxy groups -OCH3 is 1. The number of carbonyl (C=O) groups excluding carboxylic acids is 1. The second-order valence-corrected chi connectivity index (χ2v) is 11.7. The topological polar surface area (TPSA) is 75.4 Å². The summed E-state index contributed by atoms with van der Waals surface area (Å²) in [6, 6.07) is 5.76. The number of amides is 1. The van der Waals surface area contributed by atoms with E-state index in [2.05, 4.69) is 31.4 Å². The van der Waals surface area contributed by atoms with Crippen LogP contribution in [-0.2, 0) is 16.6 Å². The fourth-order valence-electron chi connectivity index (χ4n) is 7.87. The smallest absolute Gasteiger partial charge is 0.246 e. The Balaban J connectivity index is 1.45. The number of aliphatic hydroxyl groups is 1. The van der Waals surface area contributed by atoms with Crippen molar-refractivity contribution in [1.82, 2.24) is 9.80 Å². The molecule has 202 valence electrons. The predicted octanol–water partition coefficient (Wildman–Crippen LogP) is 4.19. The quantitative estimate of drug-likeness (QED) is 0.417. The Morgan fingerprint density at radius 1 is 1.34 bits per heavy atom. The van der Waals surface area contributed by atoms with Gasteiger partial charge < -0.3 is 23.9 Å². The van der Waals surface area contributed by atoms with Gasteiger partial charge in [-0.3, -0.25) is 9.69 Å². The summed E-state index contributed by atoms with van der Waals surface area (Å²) < 4.78 is 17.8. The third-order valence-electron chi connectivity index (χ3n) is 9.32. The lowest BCUT2D eigenvalue weighted by Gasteiger charge is -2.64. The third kappa shape index (κ3) is 3.51. The lowest BCUT2D eigenvalue weighted by molar-refractivity contribution is -0.199. The average molecular weight is 519 g/mol. The Labute approximate surface area is 224 Å². The third-order valence-corrected chi connectivity index (χ3v) is 9.32. The van der Waals surface area contributed by atoms with Crippen molar-refractivity contribution in [2.75, 3.05) is 26.7 Å². The lowest BCUT2D eigenvalue weighted by atomic mass is 9.48. The van der Waals surface area contributed by atoms with Gasteiger partial charge in [-0.05, 0) is 61.9 Å². The zero-order valence-electron chi connectivity index (χ0n) is 22.6. The molecule has 1 saturated heterocycles. The van der Waals surface area contributed by atoms with Gasteiger partial charge in [0.2, 0.25) is 5.91 Å². The maximum atomic E-state index is 13.8. The van der Waals surface area contributed by atoms with Gasteiger partial charge in [0, 0.05) is 36.3 Å². The molecule has 2 aliphatic heterocycles. The molecular formula is C31H38N2O5. The largest absolute Gasteiger partial charge is 0.493 e. The number of carbonyl (C=O) groups is 1. The molecule has 6 rings (SSSR count). The number of hydrogen-bond acceptors (Lipinski definition) is 6. The molecule has 3 heterocycles. The van der Waals surface area contributed by atoms with Crippen LogP contribution in [0.4, 0.5) is 0 Å². The first kappa shape index (κ1) is 25.3. The highest BCUT2D eigenvalue weighted by molar-refractivity contribution is 5.92. The second-order valence-electron chi connectivity index (χ2n) is 11.7. The first-order chi connectivity index (χ1) is 18.3. The zero-order valence-corrected chi connectivity index (χ0v) is 22.6. The van der Waals surface area contributed by atoms with Gasteiger partial charge in [-0.15, -0.1) is 6.58 Å². The molecule has 1 aromatic carbocycles. The van der Waals surface area contributed by atoms with E-state index >= 15 is 0 Å². The predicted molar refractivity (Wildman–Crippen MR) is 145 cm³/mol.